The lowest BCUT2D eigenvalue weighted by Gasteiger charge is -2.37. The summed E-state index contributed by atoms with van der Waals surface area (Å²) in [5, 5.41) is 0. The van der Waals surface area contributed by atoms with Crippen LogP contribution in [0.15, 0.2) is 24.3 Å². The van der Waals surface area contributed by atoms with Gasteiger partial charge < -0.3 is 9.64 Å². The van der Waals surface area contributed by atoms with Crippen LogP contribution in [0.3, 0.4) is 0 Å². The molecule has 1 aromatic rings. The van der Waals surface area contributed by atoms with Crippen molar-refractivity contribution in [3.8, 4) is 0 Å². The van der Waals surface area contributed by atoms with Gasteiger partial charge in [0.05, 0.1) is 6.04 Å². The van der Waals surface area contributed by atoms with E-state index >= 15 is 0 Å². The van der Waals surface area contributed by atoms with Crippen LogP contribution >= 0.6 is 0 Å². The number of piperidine rings is 1. The maximum atomic E-state index is 12.4. The monoisotopic (exact) mass is 289 g/mol. The summed E-state index contributed by atoms with van der Waals surface area (Å²) < 4.78 is 5.50. The summed E-state index contributed by atoms with van der Waals surface area (Å²) in [5.41, 5.74) is 1.06. The average Bonchev–Trinajstić information content (AvgIpc) is 2.45. The fraction of sp³-hybridized carbons (Fsp3) is 0.529. The normalized spacial score (nSPS) is 19.2. The number of benzene rings is 1. The van der Waals surface area contributed by atoms with Gasteiger partial charge in [0.1, 0.15) is 11.9 Å². The highest BCUT2D eigenvalue weighted by atomic mass is 16.6. The van der Waals surface area contributed by atoms with E-state index in [2.05, 4.69) is 0 Å². The predicted molar refractivity (Wildman–Crippen MR) is 81.4 cm³/mol. The Morgan fingerprint density at radius 3 is 2.67 bits per heavy atom. The van der Waals surface area contributed by atoms with Crippen LogP contribution in [0.4, 0.5) is 4.79 Å². The number of hydrogen-bond donors (Lipinski definition) is 0. The molecule has 1 unspecified atom stereocenters. The zero-order chi connectivity index (χ0) is 15.5. The van der Waals surface area contributed by atoms with Crippen LogP contribution in [-0.2, 0) is 4.74 Å². The zero-order valence-electron chi connectivity index (χ0n) is 13.0. The first-order valence-corrected chi connectivity index (χ1v) is 7.46. The highest BCUT2D eigenvalue weighted by Crippen LogP contribution is 2.33. The van der Waals surface area contributed by atoms with E-state index in [4.69, 9.17) is 4.74 Å². The highest BCUT2D eigenvalue weighted by molar-refractivity contribution is 5.78. The second kappa shape index (κ2) is 6.29. The Bertz CT molecular complexity index is 519. The molecule has 4 nitrogen and oxygen atoms in total. The first kappa shape index (κ1) is 15.5. The highest BCUT2D eigenvalue weighted by Gasteiger charge is 2.32. The van der Waals surface area contributed by atoms with Gasteiger partial charge in [-0.2, -0.15) is 0 Å². The fourth-order valence-corrected chi connectivity index (χ4v) is 2.72. The number of carbonyl (C=O) groups excluding carboxylic acids is 2. The van der Waals surface area contributed by atoms with Gasteiger partial charge in [-0.1, -0.05) is 24.3 Å². The quantitative estimate of drug-likeness (QED) is 0.774. The van der Waals surface area contributed by atoms with Gasteiger partial charge in [0.25, 0.3) is 0 Å². The molecule has 21 heavy (non-hydrogen) atoms. The van der Waals surface area contributed by atoms with Crippen molar-refractivity contribution in [1.29, 1.82) is 0 Å². The molecule has 1 saturated heterocycles. The number of likely N-dealkylation sites (tertiary alicyclic amines) is 1. The summed E-state index contributed by atoms with van der Waals surface area (Å²) in [6.07, 6.45) is 3.45. The van der Waals surface area contributed by atoms with Crippen molar-refractivity contribution in [3.05, 3.63) is 35.4 Å². The van der Waals surface area contributed by atoms with Gasteiger partial charge in [-0.05, 0) is 45.6 Å². The van der Waals surface area contributed by atoms with Crippen molar-refractivity contribution < 1.29 is 14.3 Å². The molecule has 1 atom stereocenters. The van der Waals surface area contributed by atoms with Gasteiger partial charge in [-0.3, -0.25) is 4.79 Å². The number of carbonyl (C=O) groups is 2. The first-order chi connectivity index (χ1) is 9.92. The van der Waals surface area contributed by atoms with Gasteiger partial charge in [0.15, 0.2) is 0 Å². The van der Waals surface area contributed by atoms with E-state index in [0.717, 1.165) is 31.1 Å². The number of rotatable bonds is 2. The Balaban J connectivity index is 2.27. The van der Waals surface area contributed by atoms with Gasteiger partial charge in [-0.15, -0.1) is 0 Å². The van der Waals surface area contributed by atoms with Gasteiger partial charge in [0, 0.05) is 12.1 Å². The number of aldehydes is 1. The molecule has 1 fully saturated rings. The molecule has 0 spiro atoms. The molecule has 1 heterocycles. The lowest BCUT2D eigenvalue weighted by molar-refractivity contribution is 0.00941. The molecule has 114 valence electrons. The van der Waals surface area contributed by atoms with Crippen molar-refractivity contribution in [2.75, 3.05) is 6.54 Å². The Labute approximate surface area is 126 Å². The topological polar surface area (TPSA) is 46.6 Å². The molecule has 1 aliphatic rings. The summed E-state index contributed by atoms with van der Waals surface area (Å²) in [6.45, 7) is 6.27. The molecule has 1 aromatic carbocycles. The number of nitrogens with zero attached hydrogens (tertiary/aromatic N) is 1. The van der Waals surface area contributed by atoms with E-state index in [1.54, 1.807) is 11.0 Å². The molecule has 2 rings (SSSR count). The van der Waals surface area contributed by atoms with Crippen LogP contribution in [0, 0.1) is 0 Å². The minimum absolute atomic E-state index is 0.0741. The third-order valence-corrected chi connectivity index (χ3v) is 3.61. The fourth-order valence-electron chi connectivity index (χ4n) is 2.72. The van der Waals surface area contributed by atoms with E-state index in [0.29, 0.717) is 12.1 Å². The zero-order valence-corrected chi connectivity index (χ0v) is 13.0. The Morgan fingerprint density at radius 1 is 1.29 bits per heavy atom. The van der Waals surface area contributed by atoms with Crippen LogP contribution in [-0.4, -0.2) is 29.4 Å². The van der Waals surface area contributed by atoms with Crippen LogP contribution < -0.4 is 0 Å². The minimum Gasteiger partial charge on any atom is -0.444 e. The van der Waals surface area contributed by atoms with E-state index < -0.39 is 5.60 Å². The number of ether oxygens (including phenoxy) is 1. The molecule has 1 amide bonds. The minimum atomic E-state index is -0.511. The van der Waals surface area contributed by atoms with Gasteiger partial charge >= 0.3 is 6.09 Å². The first-order valence-electron chi connectivity index (χ1n) is 7.46. The van der Waals surface area contributed by atoms with Crippen LogP contribution in [0.2, 0.25) is 0 Å². The van der Waals surface area contributed by atoms with Gasteiger partial charge in [0.2, 0.25) is 0 Å². The Kier molecular flexibility index (Phi) is 4.66. The Morgan fingerprint density at radius 2 is 2.00 bits per heavy atom. The summed E-state index contributed by atoms with van der Waals surface area (Å²) in [6, 6.07) is 7.40. The number of amides is 1. The maximum Gasteiger partial charge on any atom is 0.410 e. The van der Waals surface area contributed by atoms with Crippen LogP contribution in [0.1, 0.15) is 62.0 Å². The Hall–Kier alpha value is -1.84. The lowest BCUT2D eigenvalue weighted by atomic mass is 9.92. The van der Waals surface area contributed by atoms with E-state index in [-0.39, 0.29) is 12.1 Å². The molecule has 0 radical (unpaired) electrons. The molecular formula is C17H23NO3. The van der Waals surface area contributed by atoms with E-state index in [1.807, 2.05) is 39.0 Å². The summed E-state index contributed by atoms with van der Waals surface area (Å²) in [5.74, 6) is 0. The molecule has 0 saturated carbocycles. The molecule has 0 N–H and O–H groups in total. The lowest BCUT2D eigenvalue weighted by Crippen LogP contribution is -2.42. The van der Waals surface area contributed by atoms with Crippen molar-refractivity contribution >= 4 is 12.4 Å². The maximum absolute atomic E-state index is 12.4. The SMILES string of the molecule is CC(C)(C)OC(=O)N1CCCCC1c1ccccc1C=O. The predicted octanol–water partition coefficient (Wildman–Crippen LogP) is 3.96. The summed E-state index contributed by atoms with van der Waals surface area (Å²) in [7, 11) is 0. The second-order valence-corrected chi connectivity index (χ2v) is 6.43. The third kappa shape index (κ3) is 3.84. The van der Waals surface area contributed by atoms with E-state index in [1.165, 1.54) is 0 Å². The van der Waals surface area contributed by atoms with E-state index in [9.17, 15) is 9.59 Å². The number of hydrogen-bond acceptors (Lipinski definition) is 3. The molecule has 0 aromatic heterocycles. The average molecular weight is 289 g/mol. The van der Waals surface area contributed by atoms with Crippen LogP contribution in [0.5, 0.6) is 0 Å². The van der Waals surface area contributed by atoms with Crippen molar-refractivity contribution in [2.24, 2.45) is 0 Å². The molecule has 0 aliphatic carbocycles. The van der Waals surface area contributed by atoms with Crippen LogP contribution in [0.25, 0.3) is 0 Å². The summed E-state index contributed by atoms with van der Waals surface area (Å²) >= 11 is 0. The smallest absolute Gasteiger partial charge is 0.410 e. The molecule has 1 aliphatic heterocycles. The molecule has 4 heteroatoms. The molecular weight excluding hydrogens is 266 g/mol. The second-order valence-electron chi connectivity index (χ2n) is 6.43. The standard InChI is InChI=1S/C17H23NO3/c1-17(2,3)21-16(20)18-11-7-6-10-15(18)14-9-5-4-8-13(14)12-19/h4-5,8-9,12,15H,6-7,10-11H2,1-3H3. The largest absolute Gasteiger partial charge is 0.444 e. The van der Waals surface area contributed by atoms with Crippen molar-refractivity contribution in [2.45, 2.75) is 51.7 Å². The third-order valence-electron chi connectivity index (χ3n) is 3.61. The van der Waals surface area contributed by atoms with Gasteiger partial charge in [-0.25, -0.2) is 4.79 Å². The molecule has 0 bridgehead atoms. The van der Waals surface area contributed by atoms with Crippen molar-refractivity contribution in [3.63, 3.8) is 0 Å². The summed E-state index contributed by atoms with van der Waals surface area (Å²) in [4.78, 5) is 25.4. The van der Waals surface area contributed by atoms with Crippen molar-refractivity contribution in [1.82, 2.24) is 4.90 Å².